The molecular formula is H4CoO4SiZn. The van der Waals surface area contributed by atoms with Gasteiger partial charge in [-0.2, -0.15) is 0 Å². The van der Waals surface area contributed by atoms with E-state index in [-0.39, 0.29) is 36.3 Å². The third kappa shape index (κ3) is 137. The van der Waals surface area contributed by atoms with Gasteiger partial charge < -0.3 is 19.2 Å². The molecule has 4 N–H and O–H groups in total. The predicted molar refractivity (Wildman–Crippen MR) is 14.6 cm³/mol. The van der Waals surface area contributed by atoms with Gasteiger partial charge in [0.2, 0.25) is 0 Å². The molecular weight excluding hydrogens is 216 g/mol. The maximum atomic E-state index is 7.33. The Morgan fingerprint density at radius 1 is 0.857 bits per heavy atom. The van der Waals surface area contributed by atoms with Crippen LogP contribution in [0.2, 0.25) is 0 Å². The van der Waals surface area contributed by atoms with Crippen molar-refractivity contribution in [2.24, 2.45) is 0 Å². The van der Waals surface area contributed by atoms with E-state index >= 15 is 0 Å². The largest absolute Gasteiger partial charge is 0.668 e. The Bertz CT molecular complexity index is 27.2. The Balaban J connectivity index is -0.0000000800. The van der Waals surface area contributed by atoms with E-state index in [2.05, 4.69) is 0 Å². The first-order valence-corrected chi connectivity index (χ1v) is 2.68. The topological polar surface area (TPSA) is 80.9 Å². The van der Waals surface area contributed by atoms with Gasteiger partial charge in [-0.15, -0.1) is 0 Å². The molecule has 0 aliphatic rings. The van der Waals surface area contributed by atoms with Gasteiger partial charge in [-0.3, -0.25) is 0 Å². The smallest absolute Gasteiger partial charge is 0.368 e. The molecule has 43 valence electrons. The van der Waals surface area contributed by atoms with E-state index in [1.165, 1.54) is 0 Å². The van der Waals surface area contributed by atoms with E-state index in [0.29, 0.717) is 0 Å². The fourth-order valence-electron chi connectivity index (χ4n) is 0. The first-order chi connectivity index (χ1) is 2.00. The number of rotatable bonds is 0. The van der Waals surface area contributed by atoms with Gasteiger partial charge >= 0.3 is 9.05 Å². The average molecular weight is 220 g/mol. The molecule has 7 heavy (non-hydrogen) atoms. The molecule has 0 aliphatic heterocycles. The summed E-state index contributed by atoms with van der Waals surface area (Å²) in [5, 5.41) is 0. The molecule has 0 amide bonds. The Hall–Kier alpha value is 1.19. The second-order valence-corrected chi connectivity index (χ2v) is 1.80. The summed E-state index contributed by atoms with van der Waals surface area (Å²) < 4.78 is 0. The Kier molecular flexibility index (Phi) is 12.0. The molecule has 0 fully saturated rings. The van der Waals surface area contributed by atoms with Gasteiger partial charge in [0, 0.05) is 36.3 Å². The second kappa shape index (κ2) is 5.33. The SMILES string of the molecule is O[Si](O)(O)O.[Co].[Zn]. The van der Waals surface area contributed by atoms with E-state index in [9.17, 15) is 0 Å². The minimum Gasteiger partial charge on any atom is -0.368 e. The summed E-state index contributed by atoms with van der Waals surface area (Å²) >= 11 is 0. The molecule has 0 spiro atoms. The number of hydrogen-bond donors (Lipinski definition) is 4. The Morgan fingerprint density at radius 2 is 0.857 bits per heavy atom. The zero-order valence-electron chi connectivity index (χ0n) is 3.33. The van der Waals surface area contributed by atoms with Crippen LogP contribution < -0.4 is 0 Å². The van der Waals surface area contributed by atoms with Crippen LogP contribution in [0.1, 0.15) is 0 Å². The molecule has 0 rings (SSSR count). The van der Waals surface area contributed by atoms with Crippen LogP contribution in [-0.2, 0) is 36.3 Å². The summed E-state index contributed by atoms with van der Waals surface area (Å²) in [4.78, 5) is 29.3. The number of hydrogen-bond acceptors (Lipinski definition) is 4. The molecule has 1 radical (unpaired) electrons. The third-order valence-corrected chi connectivity index (χ3v) is 0. The fourth-order valence-corrected chi connectivity index (χ4v) is 0. The maximum Gasteiger partial charge on any atom is 0.668 e. The zero-order valence-corrected chi connectivity index (χ0v) is 8.34. The first kappa shape index (κ1) is 15.7. The van der Waals surface area contributed by atoms with Crippen molar-refractivity contribution in [3.8, 4) is 0 Å². The Morgan fingerprint density at radius 3 is 0.857 bits per heavy atom. The summed E-state index contributed by atoms with van der Waals surface area (Å²) in [5.41, 5.74) is 0. The molecule has 0 heterocycles. The summed E-state index contributed by atoms with van der Waals surface area (Å²) in [6.45, 7) is 0. The van der Waals surface area contributed by atoms with Crippen LogP contribution in [0.5, 0.6) is 0 Å². The molecule has 0 bridgehead atoms. The monoisotopic (exact) mass is 219 g/mol. The van der Waals surface area contributed by atoms with Crippen LogP contribution in [0, 0.1) is 0 Å². The maximum absolute atomic E-state index is 7.33. The standard InChI is InChI=1S/Co.H4O4Si.Zn/c;1-5(2,3)4;/h;1-4H;. The molecule has 4 nitrogen and oxygen atoms in total. The summed E-state index contributed by atoms with van der Waals surface area (Å²) in [6, 6.07) is 0. The van der Waals surface area contributed by atoms with E-state index in [1.807, 2.05) is 0 Å². The minimum absolute atomic E-state index is 0. The van der Waals surface area contributed by atoms with Crippen molar-refractivity contribution in [2.45, 2.75) is 0 Å². The molecule has 0 aromatic rings. The van der Waals surface area contributed by atoms with E-state index < -0.39 is 9.05 Å². The van der Waals surface area contributed by atoms with Crippen molar-refractivity contribution in [1.29, 1.82) is 0 Å². The zero-order chi connectivity index (χ0) is 4.50. The summed E-state index contributed by atoms with van der Waals surface area (Å²) in [7, 11) is -4.61. The molecule has 0 atom stereocenters. The van der Waals surface area contributed by atoms with Gasteiger partial charge in [-0.1, -0.05) is 0 Å². The van der Waals surface area contributed by atoms with Crippen molar-refractivity contribution in [2.75, 3.05) is 0 Å². The second-order valence-electron chi connectivity index (χ2n) is 0.600. The first-order valence-electron chi connectivity index (χ1n) is 0.894. The average Bonchev–Trinajstić information content (AvgIpc) is 0.722. The van der Waals surface area contributed by atoms with Gasteiger partial charge in [-0.25, -0.2) is 0 Å². The van der Waals surface area contributed by atoms with Crippen LogP contribution in [0.25, 0.3) is 0 Å². The molecule has 0 aliphatic carbocycles. The van der Waals surface area contributed by atoms with E-state index in [0.717, 1.165) is 0 Å². The van der Waals surface area contributed by atoms with Crippen molar-refractivity contribution < 1.29 is 55.4 Å². The van der Waals surface area contributed by atoms with E-state index in [4.69, 9.17) is 19.2 Å². The molecule has 0 aromatic carbocycles. The van der Waals surface area contributed by atoms with E-state index in [1.54, 1.807) is 0 Å². The van der Waals surface area contributed by atoms with Crippen molar-refractivity contribution in [1.82, 2.24) is 0 Å². The predicted octanol–water partition coefficient (Wildman–Crippen LogP) is -2.61. The molecule has 0 saturated heterocycles. The van der Waals surface area contributed by atoms with Gasteiger partial charge in [0.05, 0.1) is 0 Å². The minimum atomic E-state index is -4.61. The van der Waals surface area contributed by atoms with Gasteiger partial charge in [0.1, 0.15) is 0 Å². The van der Waals surface area contributed by atoms with Crippen molar-refractivity contribution >= 4 is 9.05 Å². The molecule has 0 saturated carbocycles. The normalized spacial score (nSPS) is 8.57. The third-order valence-electron chi connectivity index (χ3n) is 0. The van der Waals surface area contributed by atoms with Crippen LogP contribution in [-0.4, -0.2) is 28.2 Å². The molecule has 0 unspecified atom stereocenters. The quantitative estimate of drug-likeness (QED) is 0.337. The van der Waals surface area contributed by atoms with Crippen LogP contribution in [0.3, 0.4) is 0 Å². The van der Waals surface area contributed by atoms with Gasteiger partial charge in [0.25, 0.3) is 0 Å². The van der Waals surface area contributed by atoms with Crippen molar-refractivity contribution in [3.63, 3.8) is 0 Å². The summed E-state index contributed by atoms with van der Waals surface area (Å²) in [6.07, 6.45) is 0. The van der Waals surface area contributed by atoms with Crippen LogP contribution >= 0.6 is 0 Å². The summed E-state index contributed by atoms with van der Waals surface area (Å²) in [5.74, 6) is 0. The Labute approximate surface area is 64.6 Å². The van der Waals surface area contributed by atoms with Gasteiger partial charge in [0.15, 0.2) is 0 Å². The molecule has 7 heteroatoms. The van der Waals surface area contributed by atoms with Crippen LogP contribution in [0.15, 0.2) is 0 Å². The van der Waals surface area contributed by atoms with Crippen molar-refractivity contribution in [3.05, 3.63) is 0 Å². The fraction of sp³-hybridized carbons (Fsp3) is 0. The van der Waals surface area contributed by atoms with Crippen LogP contribution in [0.4, 0.5) is 0 Å². The molecule has 0 aromatic heterocycles. The van der Waals surface area contributed by atoms with Gasteiger partial charge in [-0.05, 0) is 0 Å².